The molecule has 3 aromatic rings. The number of nitrogens with one attached hydrogen (secondary N) is 1. The van der Waals surface area contributed by atoms with E-state index in [1.54, 1.807) is 22.7 Å². The molecule has 0 spiro atoms. The SMILES string of the molecule is O=C(O)c1cnc2c(c1)[nH]c(=O)c1cccn12. The summed E-state index contributed by atoms with van der Waals surface area (Å²) in [4.78, 5) is 29.2. The first-order chi connectivity index (χ1) is 8.16. The Kier molecular flexibility index (Phi) is 1.79. The maximum absolute atomic E-state index is 11.7. The van der Waals surface area contributed by atoms with Crippen LogP contribution in [0, 0.1) is 0 Å². The normalized spacial score (nSPS) is 11.1. The Balaban J connectivity index is 2.50. The van der Waals surface area contributed by atoms with Crippen LogP contribution < -0.4 is 5.56 Å². The minimum atomic E-state index is -1.08. The zero-order valence-electron chi connectivity index (χ0n) is 8.54. The van der Waals surface area contributed by atoms with Gasteiger partial charge in [0, 0.05) is 12.4 Å². The van der Waals surface area contributed by atoms with Crippen molar-refractivity contribution >= 4 is 22.6 Å². The maximum atomic E-state index is 11.7. The molecule has 84 valence electrons. The zero-order valence-corrected chi connectivity index (χ0v) is 8.54. The molecule has 3 aromatic heterocycles. The molecule has 2 N–H and O–H groups in total. The minimum absolute atomic E-state index is 0.0413. The fourth-order valence-corrected chi connectivity index (χ4v) is 1.80. The highest BCUT2D eigenvalue weighted by molar-refractivity contribution is 5.91. The smallest absolute Gasteiger partial charge is 0.337 e. The third-order valence-electron chi connectivity index (χ3n) is 2.57. The molecule has 0 saturated carbocycles. The number of pyridine rings is 1. The number of aromatic carboxylic acids is 1. The van der Waals surface area contributed by atoms with Crippen molar-refractivity contribution in [3.05, 3.63) is 46.5 Å². The molecular weight excluding hydrogens is 222 g/mol. The quantitative estimate of drug-likeness (QED) is 0.648. The van der Waals surface area contributed by atoms with Crippen molar-refractivity contribution in [3.63, 3.8) is 0 Å². The lowest BCUT2D eigenvalue weighted by Gasteiger charge is -2.02. The summed E-state index contributed by atoms with van der Waals surface area (Å²) >= 11 is 0. The van der Waals surface area contributed by atoms with Crippen LogP contribution >= 0.6 is 0 Å². The fraction of sp³-hybridized carbons (Fsp3) is 0. The summed E-state index contributed by atoms with van der Waals surface area (Å²) in [5.41, 5.74) is 1.17. The Morgan fingerprint density at radius 1 is 1.47 bits per heavy atom. The van der Waals surface area contributed by atoms with Gasteiger partial charge in [-0.2, -0.15) is 0 Å². The van der Waals surface area contributed by atoms with E-state index in [1.807, 2.05) is 0 Å². The molecule has 0 fully saturated rings. The Labute approximate surface area is 94.2 Å². The van der Waals surface area contributed by atoms with E-state index in [9.17, 15) is 9.59 Å². The second kappa shape index (κ2) is 3.18. The molecule has 0 aliphatic carbocycles. The zero-order chi connectivity index (χ0) is 12.0. The molecule has 0 atom stereocenters. The molecule has 0 unspecified atom stereocenters. The molecule has 0 bridgehead atoms. The van der Waals surface area contributed by atoms with Gasteiger partial charge < -0.3 is 10.1 Å². The molecule has 0 radical (unpaired) electrons. The first-order valence-electron chi connectivity index (χ1n) is 4.89. The van der Waals surface area contributed by atoms with Gasteiger partial charge in [-0.3, -0.25) is 9.20 Å². The molecule has 3 heterocycles. The van der Waals surface area contributed by atoms with Crippen LogP contribution in [0.15, 0.2) is 35.4 Å². The highest BCUT2D eigenvalue weighted by Gasteiger charge is 2.09. The van der Waals surface area contributed by atoms with Gasteiger partial charge in [0.05, 0.1) is 11.1 Å². The number of rotatable bonds is 1. The van der Waals surface area contributed by atoms with E-state index in [4.69, 9.17) is 5.11 Å². The van der Waals surface area contributed by atoms with Crippen molar-refractivity contribution in [1.82, 2.24) is 14.4 Å². The predicted molar refractivity (Wildman–Crippen MR) is 60.3 cm³/mol. The van der Waals surface area contributed by atoms with Gasteiger partial charge in [-0.05, 0) is 18.2 Å². The summed E-state index contributed by atoms with van der Waals surface area (Å²) in [5, 5.41) is 8.85. The standard InChI is InChI=1S/C11H7N3O3/c15-10-8-2-1-3-14(8)9-7(13-10)4-6(5-12-9)11(16)17/h1-5H,(H,13,15)(H,16,17). The molecule has 0 aromatic carbocycles. The summed E-state index contributed by atoms with van der Waals surface area (Å²) < 4.78 is 1.62. The predicted octanol–water partition coefficient (Wildman–Crippen LogP) is 0.874. The second-order valence-electron chi connectivity index (χ2n) is 3.62. The molecule has 0 aliphatic rings. The summed E-state index contributed by atoms with van der Waals surface area (Å²) in [7, 11) is 0. The summed E-state index contributed by atoms with van der Waals surface area (Å²) in [6, 6.07) is 4.80. The van der Waals surface area contributed by atoms with Crippen molar-refractivity contribution in [2.24, 2.45) is 0 Å². The number of fused-ring (bicyclic) bond motifs is 3. The van der Waals surface area contributed by atoms with Crippen molar-refractivity contribution in [1.29, 1.82) is 0 Å². The third-order valence-corrected chi connectivity index (χ3v) is 2.57. The maximum Gasteiger partial charge on any atom is 0.337 e. The third kappa shape index (κ3) is 1.31. The van der Waals surface area contributed by atoms with Gasteiger partial charge in [-0.25, -0.2) is 9.78 Å². The van der Waals surface area contributed by atoms with Crippen molar-refractivity contribution in [2.45, 2.75) is 0 Å². The number of aromatic nitrogens is 3. The van der Waals surface area contributed by atoms with Crippen LogP contribution in [0.4, 0.5) is 0 Å². The van der Waals surface area contributed by atoms with Crippen LogP contribution in [0.3, 0.4) is 0 Å². The van der Waals surface area contributed by atoms with Crippen LogP contribution in [0.5, 0.6) is 0 Å². The largest absolute Gasteiger partial charge is 0.478 e. The molecular formula is C11H7N3O3. The van der Waals surface area contributed by atoms with Crippen LogP contribution in [-0.4, -0.2) is 25.4 Å². The average Bonchev–Trinajstić information content (AvgIpc) is 2.78. The van der Waals surface area contributed by atoms with Gasteiger partial charge in [0.1, 0.15) is 5.52 Å². The van der Waals surface area contributed by atoms with Gasteiger partial charge >= 0.3 is 5.97 Å². The number of aromatic amines is 1. The van der Waals surface area contributed by atoms with E-state index >= 15 is 0 Å². The highest BCUT2D eigenvalue weighted by atomic mass is 16.4. The monoisotopic (exact) mass is 229 g/mol. The number of hydrogen-bond acceptors (Lipinski definition) is 3. The van der Waals surface area contributed by atoms with E-state index in [0.29, 0.717) is 16.7 Å². The van der Waals surface area contributed by atoms with Gasteiger partial charge in [-0.15, -0.1) is 0 Å². The van der Waals surface area contributed by atoms with Crippen LogP contribution in [0.25, 0.3) is 16.7 Å². The van der Waals surface area contributed by atoms with E-state index in [-0.39, 0.29) is 11.1 Å². The number of H-pyrrole nitrogens is 1. The van der Waals surface area contributed by atoms with Gasteiger partial charge in [0.2, 0.25) is 0 Å². The number of nitrogens with zero attached hydrogens (tertiary/aromatic N) is 2. The van der Waals surface area contributed by atoms with Crippen molar-refractivity contribution < 1.29 is 9.90 Å². The van der Waals surface area contributed by atoms with Gasteiger partial charge in [0.15, 0.2) is 5.65 Å². The minimum Gasteiger partial charge on any atom is -0.478 e. The number of carboxylic acid groups (broad SMARTS) is 1. The molecule has 0 amide bonds. The van der Waals surface area contributed by atoms with Gasteiger partial charge in [0.25, 0.3) is 5.56 Å². The average molecular weight is 229 g/mol. The second-order valence-corrected chi connectivity index (χ2v) is 3.62. The lowest BCUT2D eigenvalue weighted by atomic mass is 10.2. The molecule has 6 nitrogen and oxygen atoms in total. The molecule has 0 aliphatic heterocycles. The Morgan fingerprint density at radius 2 is 2.29 bits per heavy atom. The van der Waals surface area contributed by atoms with Gasteiger partial charge in [-0.1, -0.05) is 0 Å². The number of hydrogen-bond donors (Lipinski definition) is 2. The Bertz CT molecular complexity index is 800. The van der Waals surface area contributed by atoms with E-state index < -0.39 is 5.97 Å². The molecule has 6 heteroatoms. The van der Waals surface area contributed by atoms with E-state index in [2.05, 4.69) is 9.97 Å². The van der Waals surface area contributed by atoms with Crippen molar-refractivity contribution in [3.8, 4) is 0 Å². The topological polar surface area (TPSA) is 87.5 Å². The fourth-order valence-electron chi connectivity index (χ4n) is 1.80. The summed E-state index contributed by atoms with van der Waals surface area (Å²) in [6.07, 6.45) is 2.97. The van der Waals surface area contributed by atoms with Crippen molar-refractivity contribution in [2.75, 3.05) is 0 Å². The van der Waals surface area contributed by atoms with Crippen LogP contribution in [-0.2, 0) is 0 Å². The molecule has 17 heavy (non-hydrogen) atoms. The molecule has 0 saturated heterocycles. The molecule has 3 rings (SSSR count). The lowest BCUT2D eigenvalue weighted by molar-refractivity contribution is 0.0696. The van der Waals surface area contributed by atoms with E-state index in [1.165, 1.54) is 12.3 Å². The summed E-state index contributed by atoms with van der Waals surface area (Å²) in [5.74, 6) is -1.08. The highest BCUT2D eigenvalue weighted by Crippen LogP contribution is 2.11. The van der Waals surface area contributed by atoms with Crippen LogP contribution in [0.2, 0.25) is 0 Å². The first kappa shape index (κ1) is 9.59. The van der Waals surface area contributed by atoms with E-state index in [0.717, 1.165) is 0 Å². The summed E-state index contributed by atoms with van der Waals surface area (Å²) in [6.45, 7) is 0. The number of carboxylic acids is 1. The lowest BCUT2D eigenvalue weighted by Crippen LogP contribution is -2.11. The number of carbonyl (C=O) groups is 1. The Morgan fingerprint density at radius 3 is 3.06 bits per heavy atom. The van der Waals surface area contributed by atoms with Crippen LogP contribution in [0.1, 0.15) is 10.4 Å². The Hall–Kier alpha value is -2.63. The first-order valence-corrected chi connectivity index (χ1v) is 4.89.